The average molecular weight is 330 g/mol. The van der Waals surface area contributed by atoms with Gasteiger partial charge in [-0.05, 0) is 6.92 Å². The normalized spacial score (nSPS) is 17.7. The zero-order valence-corrected chi connectivity index (χ0v) is 12.0. The molecule has 0 unspecified atom stereocenters. The number of carboxylic acid groups (broad SMARTS) is 1. The van der Waals surface area contributed by atoms with Crippen LogP contribution in [-0.4, -0.2) is 42.9 Å². The highest BCUT2D eigenvalue weighted by Gasteiger charge is 2.32. The summed E-state index contributed by atoms with van der Waals surface area (Å²) < 4.78 is 44.8. The van der Waals surface area contributed by atoms with E-state index in [1.807, 2.05) is 6.92 Å². The first kappa shape index (κ1) is 15.4. The maximum absolute atomic E-state index is 12.4. The minimum absolute atomic E-state index is 0.0509. The standard InChI is InChI=1S/C13H13F3N4O3/c1-7-2-3-20-11(23-7)9(12(21)22)10(18-20)8-4-17-19(5-8)6-13(14,15)16/h4-5,7H,2-3,6H2,1H3,(H,21,22)/t7-/m1/s1. The van der Waals surface area contributed by atoms with Crippen LogP contribution in [0.3, 0.4) is 0 Å². The number of fused-ring (bicyclic) bond motifs is 1. The summed E-state index contributed by atoms with van der Waals surface area (Å²) in [7, 11) is 0. The molecular weight excluding hydrogens is 317 g/mol. The van der Waals surface area contributed by atoms with Gasteiger partial charge in [-0.25, -0.2) is 9.48 Å². The van der Waals surface area contributed by atoms with Crippen LogP contribution in [0.2, 0.25) is 0 Å². The molecule has 0 saturated heterocycles. The topological polar surface area (TPSA) is 82.2 Å². The van der Waals surface area contributed by atoms with Crippen molar-refractivity contribution in [3.63, 3.8) is 0 Å². The summed E-state index contributed by atoms with van der Waals surface area (Å²) in [5, 5.41) is 17.2. The summed E-state index contributed by atoms with van der Waals surface area (Å²) >= 11 is 0. The van der Waals surface area contributed by atoms with Crippen LogP contribution < -0.4 is 4.74 Å². The van der Waals surface area contributed by atoms with Crippen LogP contribution in [0.25, 0.3) is 11.3 Å². The number of alkyl halides is 3. The Balaban J connectivity index is 2.02. The highest BCUT2D eigenvalue weighted by atomic mass is 19.4. The van der Waals surface area contributed by atoms with Crippen molar-refractivity contribution in [2.24, 2.45) is 0 Å². The molecule has 1 N–H and O–H groups in total. The molecular formula is C13H13F3N4O3. The van der Waals surface area contributed by atoms with Crippen molar-refractivity contribution in [1.82, 2.24) is 19.6 Å². The Morgan fingerprint density at radius 1 is 1.52 bits per heavy atom. The van der Waals surface area contributed by atoms with Crippen molar-refractivity contribution in [1.29, 1.82) is 0 Å². The van der Waals surface area contributed by atoms with Crippen LogP contribution >= 0.6 is 0 Å². The molecule has 0 bridgehead atoms. The van der Waals surface area contributed by atoms with Gasteiger partial charge in [0, 0.05) is 24.7 Å². The molecule has 10 heteroatoms. The van der Waals surface area contributed by atoms with Crippen LogP contribution in [0.1, 0.15) is 23.7 Å². The van der Waals surface area contributed by atoms with E-state index in [1.54, 1.807) is 0 Å². The van der Waals surface area contributed by atoms with Gasteiger partial charge in [0.15, 0.2) is 0 Å². The molecule has 7 nitrogen and oxygen atoms in total. The molecule has 0 fully saturated rings. The summed E-state index contributed by atoms with van der Waals surface area (Å²) in [5.74, 6) is -1.13. The molecule has 0 spiro atoms. The molecule has 0 radical (unpaired) electrons. The maximum Gasteiger partial charge on any atom is 0.408 e. The number of hydrogen-bond donors (Lipinski definition) is 1. The number of aromatic carboxylic acids is 1. The number of nitrogens with zero attached hydrogens (tertiary/aromatic N) is 4. The lowest BCUT2D eigenvalue weighted by Gasteiger charge is -2.21. The van der Waals surface area contributed by atoms with Crippen molar-refractivity contribution < 1.29 is 27.8 Å². The molecule has 2 aromatic heterocycles. The lowest BCUT2D eigenvalue weighted by atomic mass is 10.1. The van der Waals surface area contributed by atoms with Gasteiger partial charge in [-0.15, -0.1) is 0 Å². The van der Waals surface area contributed by atoms with E-state index in [-0.39, 0.29) is 28.8 Å². The zero-order chi connectivity index (χ0) is 16.8. The monoisotopic (exact) mass is 330 g/mol. The Labute approximate surface area is 128 Å². The Bertz CT molecular complexity index is 750. The third kappa shape index (κ3) is 3.01. The van der Waals surface area contributed by atoms with Crippen molar-refractivity contribution in [2.75, 3.05) is 0 Å². The molecule has 3 heterocycles. The number of ether oxygens (including phenoxy) is 1. The minimum Gasteiger partial charge on any atom is -0.477 e. The van der Waals surface area contributed by atoms with Gasteiger partial charge in [-0.2, -0.15) is 23.4 Å². The van der Waals surface area contributed by atoms with E-state index in [0.29, 0.717) is 17.6 Å². The molecule has 0 aliphatic carbocycles. The molecule has 2 aromatic rings. The molecule has 0 aromatic carbocycles. The van der Waals surface area contributed by atoms with Gasteiger partial charge in [0.2, 0.25) is 5.88 Å². The van der Waals surface area contributed by atoms with Gasteiger partial charge in [0.25, 0.3) is 0 Å². The summed E-state index contributed by atoms with van der Waals surface area (Å²) in [6, 6.07) is 0. The fourth-order valence-corrected chi connectivity index (χ4v) is 2.42. The quantitative estimate of drug-likeness (QED) is 0.933. The first-order valence-electron chi connectivity index (χ1n) is 6.85. The van der Waals surface area contributed by atoms with E-state index in [9.17, 15) is 23.1 Å². The van der Waals surface area contributed by atoms with Gasteiger partial charge in [-0.1, -0.05) is 0 Å². The van der Waals surface area contributed by atoms with Gasteiger partial charge in [0.1, 0.15) is 17.8 Å². The molecule has 0 amide bonds. The van der Waals surface area contributed by atoms with Crippen molar-refractivity contribution >= 4 is 5.97 Å². The van der Waals surface area contributed by atoms with Crippen LogP contribution in [-0.2, 0) is 13.1 Å². The van der Waals surface area contributed by atoms with E-state index in [0.717, 1.165) is 12.4 Å². The van der Waals surface area contributed by atoms with Gasteiger partial charge in [0.05, 0.1) is 12.3 Å². The molecule has 0 saturated carbocycles. The third-order valence-electron chi connectivity index (χ3n) is 3.43. The molecule has 1 aliphatic rings. The number of aromatic nitrogens is 4. The van der Waals surface area contributed by atoms with E-state index in [1.165, 1.54) is 4.68 Å². The molecule has 1 atom stereocenters. The van der Waals surface area contributed by atoms with Crippen LogP contribution in [0.15, 0.2) is 12.4 Å². The summed E-state index contributed by atoms with van der Waals surface area (Å²) in [4.78, 5) is 11.5. The zero-order valence-electron chi connectivity index (χ0n) is 12.0. The van der Waals surface area contributed by atoms with Gasteiger partial charge >= 0.3 is 12.1 Å². The second kappa shape index (κ2) is 5.28. The SMILES string of the molecule is C[C@@H]1CCn2nc(-c3cnn(CC(F)(F)F)c3)c(C(=O)O)c2O1. The van der Waals surface area contributed by atoms with Gasteiger partial charge < -0.3 is 9.84 Å². The Morgan fingerprint density at radius 2 is 2.26 bits per heavy atom. The number of aryl methyl sites for hydroxylation is 1. The molecule has 1 aliphatic heterocycles. The van der Waals surface area contributed by atoms with Crippen molar-refractivity contribution in [3.8, 4) is 17.1 Å². The fourth-order valence-electron chi connectivity index (χ4n) is 2.42. The smallest absolute Gasteiger partial charge is 0.408 e. The number of hydrogen-bond acceptors (Lipinski definition) is 4. The predicted octanol–water partition coefficient (Wildman–Crippen LogP) is 2.18. The molecule has 23 heavy (non-hydrogen) atoms. The van der Waals surface area contributed by atoms with Crippen molar-refractivity contribution in [3.05, 3.63) is 18.0 Å². The van der Waals surface area contributed by atoms with E-state index in [2.05, 4.69) is 10.2 Å². The number of carbonyl (C=O) groups is 1. The van der Waals surface area contributed by atoms with Gasteiger partial charge in [-0.3, -0.25) is 4.68 Å². The second-order valence-corrected chi connectivity index (χ2v) is 5.32. The minimum atomic E-state index is -4.41. The van der Waals surface area contributed by atoms with E-state index < -0.39 is 18.7 Å². The first-order chi connectivity index (χ1) is 10.7. The average Bonchev–Trinajstić information content (AvgIpc) is 2.99. The van der Waals surface area contributed by atoms with E-state index in [4.69, 9.17) is 4.74 Å². The number of rotatable bonds is 3. The maximum atomic E-state index is 12.4. The summed E-state index contributed by atoms with van der Waals surface area (Å²) in [6.07, 6.45) is -1.61. The summed E-state index contributed by atoms with van der Waals surface area (Å²) in [5.41, 5.74) is 0.0861. The third-order valence-corrected chi connectivity index (χ3v) is 3.43. The lowest BCUT2D eigenvalue weighted by Crippen LogP contribution is -2.24. The second-order valence-electron chi connectivity index (χ2n) is 5.32. The highest BCUT2D eigenvalue weighted by Crippen LogP contribution is 2.34. The highest BCUT2D eigenvalue weighted by molar-refractivity contribution is 5.97. The predicted molar refractivity (Wildman–Crippen MR) is 71.2 cm³/mol. The Kier molecular flexibility index (Phi) is 3.53. The first-order valence-corrected chi connectivity index (χ1v) is 6.85. The van der Waals surface area contributed by atoms with Crippen LogP contribution in [0.5, 0.6) is 5.88 Å². The molecule has 3 rings (SSSR count). The Morgan fingerprint density at radius 3 is 2.91 bits per heavy atom. The summed E-state index contributed by atoms with van der Waals surface area (Å²) in [6.45, 7) is 1.03. The van der Waals surface area contributed by atoms with Crippen LogP contribution in [0, 0.1) is 0 Å². The van der Waals surface area contributed by atoms with E-state index >= 15 is 0 Å². The lowest BCUT2D eigenvalue weighted by molar-refractivity contribution is -0.142. The number of halogens is 3. The van der Waals surface area contributed by atoms with Crippen molar-refractivity contribution in [2.45, 2.75) is 38.7 Å². The molecule has 124 valence electrons. The number of carboxylic acids is 1. The Hall–Kier alpha value is -2.52. The van der Waals surface area contributed by atoms with Crippen LogP contribution in [0.4, 0.5) is 13.2 Å². The fraction of sp³-hybridized carbons (Fsp3) is 0.462. The largest absolute Gasteiger partial charge is 0.477 e.